The van der Waals surface area contributed by atoms with Crippen LogP contribution in [0, 0.1) is 6.92 Å². The van der Waals surface area contributed by atoms with Gasteiger partial charge in [0.1, 0.15) is 11.5 Å². The number of hydrogen-bond acceptors (Lipinski definition) is 4. The van der Waals surface area contributed by atoms with Crippen molar-refractivity contribution < 1.29 is 0 Å². The minimum absolute atomic E-state index is 0.307. The fraction of sp³-hybridized carbons (Fsp3) is 0.533. The van der Waals surface area contributed by atoms with Crippen molar-refractivity contribution in [1.82, 2.24) is 25.1 Å². The molecule has 0 spiro atoms. The van der Waals surface area contributed by atoms with Gasteiger partial charge in [-0.15, -0.1) is 0 Å². The van der Waals surface area contributed by atoms with Crippen LogP contribution in [0.1, 0.15) is 49.8 Å². The van der Waals surface area contributed by atoms with Gasteiger partial charge < -0.3 is 5.32 Å². The van der Waals surface area contributed by atoms with Crippen molar-refractivity contribution in [3.63, 3.8) is 0 Å². The molecule has 1 N–H and O–H groups in total. The molecule has 112 valence electrons. The van der Waals surface area contributed by atoms with Crippen LogP contribution >= 0.6 is 11.6 Å². The first-order valence-corrected chi connectivity index (χ1v) is 7.73. The summed E-state index contributed by atoms with van der Waals surface area (Å²) in [5.74, 6) is 1.17. The molecule has 0 aliphatic heterocycles. The lowest BCUT2D eigenvalue weighted by molar-refractivity contribution is 0.649. The summed E-state index contributed by atoms with van der Waals surface area (Å²) in [5.41, 5.74) is 2.67. The summed E-state index contributed by atoms with van der Waals surface area (Å²) in [6.07, 6.45) is 6.16. The second kappa shape index (κ2) is 5.73. The molecule has 2 heterocycles. The van der Waals surface area contributed by atoms with E-state index in [4.69, 9.17) is 16.6 Å². The van der Waals surface area contributed by atoms with Crippen molar-refractivity contribution in [3.05, 3.63) is 34.6 Å². The third kappa shape index (κ3) is 3.24. The van der Waals surface area contributed by atoms with Crippen LogP contribution in [0.15, 0.2) is 12.4 Å². The fourth-order valence-corrected chi connectivity index (χ4v) is 2.25. The topological polar surface area (TPSA) is 55.6 Å². The van der Waals surface area contributed by atoms with Crippen LogP contribution in [-0.2, 0) is 6.54 Å². The zero-order valence-corrected chi connectivity index (χ0v) is 13.4. The number of rotatable bonds is 5. The van der Waals surface area contributed by atoms with Crippen LogP contribution in [0.4, 0.5) is 0 Å². The van der Waals surface area contributed by atoms with Crippen molar-refractivity contribution in [2.45, 2.75) is 52.1 Å². The molecule has 0 radical (unpaired) electrons. The summed E-state index contributed by atoms with van der Waals surface area (Å²) in [7, 11) is 0. The molecule has 1 aliphatic carbocycles. The van der Waals surface area contributed by atoms with Crippen LogP contribution in [0.5, 0.6) is 0 Å². The number of halogens is 1. The normalized spacial score (nSPS) is 14.9. The van der Waals surface area contributed by atoms with Gasteiger partial charge in [-0.3, -0.25) is 0 Å². The van der Waals surface area contributed by atoms with Crippen molar-refractivity contribution in [2.75, 3.05) is 0 Å². The van der Waals surface area contributed by atoms with Crippen molar-refractivity contribution in [1.29, 1.82) is 0 Å². The first-order valence-electron chi connectivity index (χ1n) is 7.36. The van der Waals surface area contributed by atoms with Crippen molar-refractivity contribution >= 4 is 11.6 Å². The molecule has 1 saturated carbocycles. The van der Waals surface area contributed by atoms with Crippen LogP contribution < -0.4 is 5.32 Å². The Balaban J connectivity index is 1.96. The highest BCUT2D eigenvalue weighted by molar-refractivity contribution is 6.31. The molecule has 21 heavy (non-hydrogen) atoms. The van der Waals surface area contributed by atoms with Gasteiger partial charge >= 0.3 is 0 Å². The van der Waals surface area contributed by atoms with E-state index in [1.807, 2.05) is 19.3 Å². The standard InChI is InChI=1S/C15H20ClN5/c1-9(2)15-18-7-14(21-8-12(16)10(3)20-21)13(19-15)6-17-11-4-5-11/h7-9,11,17H,4-6H2,1-3H3. The molecule has 0 atom stereocenters. The molecule has 1 fully saturated rings. The van der Waals surface area contributed by atoms with Crippen LogP contribution in [-0.4, -0.2) is 25.8 Å². The SMILES string of the molecule is Cc1nn(-c2cnc(C(C)C)nc2CNC2CC2)cc1Cl. The molecule has 0 aromatic carbocycles. The molecule has 1 aliphatic rings. The molecule has 0 amide bonds. The van der Waals surface area contributed by atoms with Gasteiger partial charge in [-0.05, 0) is 19.8 Å². The lowest BCUT2D eigenvalue weighted by atomic mass is 10.2. The Morgan fingerprint density at radius 2 is 2.19 bits per heavy atom. The molecule has 0 bridgehead atoms. The lowest BCUT2D eigenvalue weighted by Crippen LogP contribution is -2.19. The highest BCUT2D eigenvalue weighted by Gasteiger charge is 2.22. The number of hydrogen-bond donors (Lipinski definition) is 1. The van der Waals surface area contributed by atoms with E-state index in [0.717, 1.165) is 29.4 Å². The molecule has 0 saturated heterocycles. The van der Waals surface area contributed by atoms with Gasteiger partial charge in [-0.25, -0.2) is 14.6 Å². The largest absolute Gasteiger partial charge is 0.308 e. The quantitative estimate of drug-likeness (QED) is 0.922. The van der Waals surface area contributed by atoms with Gasteiger partial charge in [0.05, 0.1) is 22.6 Å². The molecule has 0 unspecified atom stereocenters. The zero-order valence-electron chi connectivity index (χ0n) is 12.6. The third-order valence-corrected chi connectivity index (χ3v) is 3.97. The van der Waals surface area contributed by atoms with Crippen molar-refractivity contribution in [3.8, 4) is 5.69 Å². The molecule has 2 aromatic rings. The van der Waals surface area contributed by atoms with Crippen LogP contribution in [0.3, 0.4) is 0 Å². The fourth-order valence-electron chi connectivity index (χ4n) is 2.12. The highest BCUT2D eigenvalue weighted by atomic mass is 35.5. The maximum Gasteiger partial charge on any atom is 0.131 e. The van der Waals surface area contributed by atoms with E-state index in [2.05, 4.69) is 29.2 Å². The van der Waals surface area contributed by atoms with Gasteiger partial charge in [-0.2, -0.15) is 5.10 Å². The van der Waals surface area contributed by atoms with Gasteiger partial charge in [0, 0.05) is 24.7 Å². The number of aryl methyl sites for hydroxylation is 1. The van der Waals surface area contributed by atoms with Gasteiger partial charge in [0.2, 0.25) is 0 Å². The minimum atomic E-state index is 0.307. The van der Waals surface area contributed by atoms with E-state index in [0.29, 0.717) is 17.0 Å². The van der Waals surface area contributed by atoms with E-state index < -0.39 is 0 Å². The van der Waals surface area contributed by atoms with Gasteiger partial charge in [0.25, 0.3) is 0 Å². The minimum Gasteiger partial charge on any atom is -0.308 e. The molecule has 3 rings (SSSR count). The smallest absolute Gasteiger partial charge is 0.131 e. The summed E-state index contributed by atoms with van der Waals surface area (Å²) in [6, 6.07) is 0.637. The van der Waals surface area contributed by atoms with E-state index in [9.17, 15) is 0 Å². The summed E-state index contributed by atoms with van der Waals surface area (Å²) in [5, 5.41) is 8.60. The second-order valence-corrected chi connectivity index (χ2v) is 6.28. The molecular formula is C15H20ClN5. The Morgan fingerprint density at radius 1 is 1.43 bits per heavy atom. The number of aromatic nitrogens is 4. The summed E-state index contributed by atoms with van der Waals surface area (Å²) < 4.78 is 1.77. The van der Waals surface area contributed by atoms with E-state index in [1.54, 1.807) is 4.68 Å². The predicted molar refractivity (Wildman–Crippen MR) is 82.9 cm³/mol. The monoisotopic (exact) mass is 305 g/mol. The van der Waals surface area contributed by atoms with Crippen LogP contribution in [0.2, 0.25) is 5.02 Å². The first-order chi connectivity index (χ1) is 10.0. The summed E-state index contributed by atoms with van der Waals surface area (Å²) >= 11 is 6.11. The Bertz CT molecular complexity index is 626. The van der Waals surface area contributed by atoms with Gasteiger partial charge in [0.15, 0.2) is 0 Å². The Labute approximate surface area is 129 Å². The highest BCUT2D eigenvalue weighted by Crippen LogP contribution is 2.22. The van der Waals surface area contributed by atoms with Crippen LogP contribution in [0.25, 0.3) is 5.69 Å². The predicted octanol–water partition coefficient (Wildman–Crippen LogP) is 3.00. The lowest BCUT2D eigenvalue weighted by Gasteiger charge is -2.12. The maximum atomic E-state index is 6.11. The summed E-state index contributed by atoms with van der Waals surface area (Å²) in [4.78, 5) is 9.16. The second-order valence-electron chi connectivity index (χ2n) is 5.88. The number of nitrogens with zero attached hydrogens (tertiary/aromatic N) is 4. The van der Waals surface area contributed by atoms with E-state index in [-0.39, 0.29) is 0 Å². The molecular weight excluding hydrogens is 286 g/mol. The number of nitrogens with one attached hydrogen (secondary N) is 1. The Morgan fingerprint density at radius 3 is 2.76 bits per heavy atom. The average Bonchev–Trinajstić information content (AvgIpc) is 3.22. The maximum absolute atomic E-state index is 6.11. The average molecular weight is 306 g/mol. The first kappa shape index (κ1) is 14.5. The molecule has 6 heteroatoms. The third-order valence-electron chi connectivity index (χ3n) is 3.60. The van der Waals surface area contributed by atoms with E-state index in [1.165, 1.54) is 12.8 Å². The molecule has 2 aromatic heterocycles. The van der Waals surface area contributed by atoms with E-state index >= 15 is 0 Å². The summed E-state index contributed by atoms with van der Waals surface area (Å²) in [6.45, 7) is 6.83. The van der Waals surface area contributed by atoms with Crippen molar-refractivity contribution in [2.24, 2.45) is 0 Å². The zero-order chi connectivity index (χ0) is 15.0. The molecule has 5 nitrogen and oxygen atoms in total. The Hall–Kier alpha value is -1.46. The van der Waals surface area contributed by atoms with Gasteiger partial charge in [-0.1, -0.05) is 25.4 Å². The Kier molecular flexibility index (Phi) is 3.95.